The smallest absolute Gasteiger partial charge is 0.0820 e. The predicted molar refractivity (Wildman–Crippen MR) is 61.9 cm³/mol. The van der Waals surface area contributed by atoms with Gasteiger partial charge in [0.2, 0.25) is 0 Å². The first-order valence-corrected chi connectivity index (χ1v) is 5.48. The molecular weight excluding hydrogens is 196 g/mol. The molecule has 0 aromatic carbocycles. The number of unbranched alkanes of at least 4 members (excludes halogenated alkanes) is 1. The van der Waals surface area contributed by atoms with Gasteiger partial charge < -0.3 is 5.32 Å². The summed E-state index contributed by atoms with van der Waals surface area (Å²) in [7, 11) is 0. The van der Waals surface area contributed by atoms with Gasteiger partial charge in [-0.2, -0.15) is 0 Å². The van der Waals surface area contributed by atoms with Crippen LogP contribution in [-0.4, -0.2) is 11.0 Å². The SMILES string of the molecule is CCCCC(C)Nc1ccncc1Cl. The van der Waals surface area contributed by atoms with Crippen LogP contribution in [0.25, 0.3) is 0 Å². The molecule has 0 spiro atoms. The maximum absolute atomic E-state index is 5.98. The molecule has 78 valence electrons. The molecule has 0 saturated heterocycles. The molecule has 14 heavy (non-hydrogen) atoms. The van der Waals surface area contributed by atoms with Gasteiger partial charge in [0.25, 0.3) is 0 Å². The second-order valence-electron chi connectivity index (χ2n) is 3.54. The second-order valence-corrected chi connectivity index (χ2v) is 3.95. The van der Waals surface area contributed by atoms with E-state index in [9.17, 15) is 0 Å². The Morgan fingerprint density at radius 3 is 3.00 bits per heavy atom. The Morgan fingerprint density at radius 1 is 1.57 bits per heavy atom. The topological polar surface area (TPSA) is 24.9 Å². The van der Waals surface area contributed by atoms with Crippen molar-refractivity contribution in [1.29, 1.82) is 0 Å². The molecule has 0 radical (unpaired) electrons. The summed E-state index contributed by atoms with van der Waals surface area (Å²) < 4.78 is 0. The van der Waals surface area contributed by atoms with Crippen molar-refractivity contribution in [3.63, 3.8) is 0 Å². The molecule has 1 rings (SSSR count). The van der Waals surface area contributed by atoms with Gasteiger partial charge in [0.05, 0.1) is 10.7 Å². The molecule has 0 aliphatic carbocycles. The van der Waals surface area contributed by atoms with Gasteiger partial charge in [-0.25, -0.2) is 0 Å². The van der Waals surface area contributed by atoms with Crippen LogP contribution in [0.15, 0.2) is 18.5 Å². The molecule has 0 aliphatic heterocycles. The van der Waals surface area contributed by atoms with E-state index in [1.54, 1.807) is 12.4 Å². The molecule has 1 atom stereocenters. The Kier molecular flexibility index (Phi) is 4.74. The molecular formula is C11H17ClN2. The fourth-order valence-corrected chi connectivity index (χ4v) is 1.51. The van der Waals surface area contributed by atoms with E-state index in [4.69, 9.17) is 11.6 Å². The van der Waals surface area contributed by atoms with Crippen molar-refractivity contribution in [3.05, 3.63) is 23.5 Å². The van der Waals surface area contributed by atoms with Gasteiger partial charge in [0, 0.05) is 18.4 Å². The monoisotopic (exact) mass is 212 g/mol. The zero-order chi connectivity index (χ0) is 10.4. The average molecular weight is 213 g/mol. The molecule has 1 unspecified atom stereocenters. The van der Waals surface area contributed by atoms with Crippen molar-refractivity contribution in [1.82, 2.24) is 4.98 Å². The number of aromatic nitrogens is 1. The van der Waals surface area contributed by atoms with Gasteiger partial charge in [-0.15, -0.1) is 0 Å². The number of hydrogen-bond donors (Lipinski definition) is 1. The summed E-state index contributed by atoms with van der Waals surface area (Å²) >= 11 is 5.98. The summed E-state index contributed by atoms with van der Waals surface area (Å²) in [6.07, 6.45) is 7.07. The number of hydrogen-bond acceptors (Lipinski definition) is 2. The minimum absolute atomic E-state index is 0.467. The van der Waals surface area contributed by atoms with Crippen LogP contribution in [0.4, 0.5) is 5.69 Å². The highest BCUT2D eigenvalue weighted by Crippen LogP contribution is 2.20. The van der Waals surface area contributed by atoms with Crippen molar-refractivity contribution < 1.29 is 0 Å². The molecule has 0 bridgehead atoms. The minimum atomic E-state index is 0.467. The van der Waals surface area contributed by atoms with Gasteiger partial charge in [-0.05, 0) is 19.4 Å². The fourth-order valence-electron chi connectivity index (χ4n) is 1.34. The predicted octanol–water partition coefficient (Wildman–Crippen LogP) is 3.73. The van der Waals surface area contributed by atoms with Crippen molar-refractivity contribution >= 4 is 17.3 Å². The number of halogens is 1. The lowest BCUT2D eigenvalue weighted by Gasteiger charge is -2.15. The molecule has 0 aliphatic rings. The van der Waals surface area contributed by atoms with Gasteiger partial charge in [0.1, 0.15) is 0 Å². The molecule has 1 aromatic heterocycles. The first-order chi connectivity index (χ1) is 6.74. The lowest BCUT2D eigenvalue weighted by molar-refractivity contribution is 0.645. The average Bonchev–Trinajstić information content (AvgIpc) is 2.18. The molecule has 0 fully saturated rings. The van der Waals surface area contributed by atoms with Crippen molar-refractivity contribution in [2.24, 2.45) is 0 Å². The number of nitrogens with one attached hydrogen (secondary N) is 1. The molecule has 1 aromatic rings. The van der Waals surface area contributed by atoms with E-state index >= 15 is 0 Å². The lowest BCUT2D eigenvalue weighted by atomic mass is 10.1. The maximum Gasteiger partial charge on any atom is 0.0820 e. The molecule has 2 nitrogen and oxygen atoms in total. The molecule has 1 N–H and O–H groups in total. The van der Waals surface area contributed by atoms with Crippen LogP contribution < -0.4 is 5.32 Å². The summed E-state index contributed by atoms with van der Waals surface area (Å²) in [5.74, 6) is 0. The minimum Gasteiger partial charge on any atom is -0.381 e. The summed E-state index contributed by atoms with van der Waals surface area (Å²) in [4.78, 5) is 3.94. The van der Waals surface area contributed by atoms with E-state index in [0.29, 0.717) is 11.1 Å². The Bertz CT molecular complexity index is 276. The van der Waals surface area contributed by atoms with Crippen LogP contribution in [0.1, 0.15) is 33.1 Å². The summed E-state index contributed by atoms with van der Waals surface area (Å²) in [6.45, 7) is 4.37. The van der Waals surface area contributed by atoms with Gasteiger partial charge in [-0.3, -0.25) is 4.98 Å². The van der Waals surface area contributed by atoms with Crippen LogP contribution in [0.3, 0.4) is 0 Å². The van der Waals surface area contributed by atoms with Crippen LogP contribution in [0.5, 0.6) is 0 Å². The first-order valence-electron chi connectivity index (χ1n) is 5.10. The first kappa shape index (κ1) is 11.3. The van der Waals surface area contributed by atoms with Crippen LogP contribution in [0.2, 0.25) is 5.02 Å². The fraction of sp³-hybridized carbons (Fsp3) is 0.545. The van der Waals surface area contributed by atoms with E-state index in [0.717, 1.165) is 5.69 Å². The summed E-state index contributed by atoms with van der Waals surface area (Å²) in [5, 5.41) is 4.06. The van der Waals surface area contributed by atoms with Gasteiger partial charge in [-0.1, -0.05) is 31.4 Å². The highest BCUT2D eigenvalue weighted by atomic mass is 35.5. The van der Waals surface area contributed by atoms with E-state index < -0.39 is 0 Å². The van der Waals surface area contributed by atoms with Crippen molar-refractivity contribution in [2.75, 3.05) is 5.32 Å². The van der Waals surface area contributed by atoms with Crippen molar-refractivity contribution in [3.8, 4) is 0 Å². The van der Waals surface area contributed by atoms with Gasteiger partial charge >= 0.3 is 0 Å². The molecule has 0 saturated carbocycles. The Hall–Kier alpha value is -0.760. The Labute approximate surface area is 90.7 Å². The van der Waals surface area contributed by atoms with Crippen LogP contribution in [0, 0.1) is 0 Å². The molecule has 1 heterocycles. The Morgan fingerprint density at radius 2 is 2.36 bits per heavy atom. The molecule has 3 heteroatoms. The highest BCUT2D eigenvalue weighted by molar-refractivity contribution is 6.33. The lowest BCUT2D eigenvalue weighted by Crippen LogP contribution is -2.14. The van der Waals surface area contributed by atoms with Gasteiger partial charge in [0.15, 0.2) is 0 Å². The Balaban J connectivity index is 2.47. The van der Waals surface area contributed by atoms with Crippen LogP contribution in [-0.2, 0) is 0 Å². The molecule has 0 amide bonds. The second kappa shape index (κ2) is 5.86. The summed E-state index contributed by atoms with van der Waals surface area (Å²) in [6, 6.07) is 2.37. The standard InChI is InChI=1S/C11H17ClN2/c1-3-4-5-9(2)14-11-6-7-13-8-10(11)12/h6-9H,3-5H2,1-2H3,(H,13,14). The number of rotatable bonds is 5. The maximum atomic E-state index is 5.98. The normalized spacial score (nSPS) is 12.5. The third kappa shape index (κ3) is 3.54. The number of anilines is 1. The van der Waals surface area contributed by atoms with E-state index in [2.05, 4.69) is 24.1 Å². The number of nitrogens with zero attached hydrogens (tertiary/aromatic N) is 1. The third-order valence-corrected chi connectivity index (χ3v) is 2.47. The van der Waals surface area contributed by atoms with E-state index in [1.807, 2.05) is 6.07 Å². The third-order valence-electron chi connectivity index (χ3n) is 2.17. The van der Waals surface area contributed by atoms with Crippen LogP contribution >= 0.6 is 11.6 Å². The highest BCUT2D eigenvalue weighted by Gasteiger charge is 2.03. The van der Waals surface area contributed by atoms with E-state index in [1.165, 1.54) is 19.3 Å². The zero-order valence-corrected chi connectivity index (χ0v) is 9.51. The van der Waals surface area contributed by atoms with E-state index in [-0.39, 0.29) is 0 Å². The zero-order valence-electron chi connectivity index (χ0n) is 8.76. The largest absolute Gasteiger partial charge is 0.381 e. The summed E-state index contributed by atoms with van der Waals surface area (Å²) in [5.41, 5.74) is 0.977. The quantitative estimate of drug-likeness (QED) is 0.805. The van der Waals surface area contributed by atoms with Crippen molar-refractivity contribution in [2.45, 2.75) is 39.2 Å². The number of pyridine rings is 1.